The molecule has 2 rings (SSSR count). The van der Waals surface area contributed by atoms with Crippen LogP contribution < -0.4 is 0 Å². The zero-order valence-corrected chi connectivity index (χ0v) is 22.0. The van der Waals surface area contributed by atoms with Crippen LogP contribution >= 0.6 is 0 Å². The quantitative estimate of drug-likeness (QED) is 0.114. The van der Waals surface area contributed by atoms with Crippen molar-refractivity contribution in [2.45, 2.75) is 49.8 Å². The van der Waals surface area contributed by atoms with E-state index in [1.54, 1.807) is 24.3 Å². The Balaban J connectivity index is -0.000000205. The van der Waals surface area contributed by atoms with Crippen molar-refractivity contribution in [3.63, 3.8) is 0 Å². The van der Waals surface area contributed by atoms with Crippen molar-refractivity contribution < 1.29 is 59.3 Å². The van der Waals surface area contributed by atoms with Gasteiger partial charge in [0.15, 0.2) is 0 Å². The molecule has 2 aromatic carbocycles. The first kappa shape index (κ1) is 40.0. The summed E-state index contributed by atoms with van der Waals surface area (Å²) in [7, 11) is 0. The average molecular weight is 610 g/mol. The molecule has 0 saturated heterocycles. The van der Waals surface area contributed by atoms with Gasteiger partial charge in [-0.2, -0.15) is 54.0 Å². The van der Waals surface area contributed by atoms with Crippen LogP contribution in [-0.2, 0) is 58.2 Å². The molecule has 0 fully saturated rings. The molecule has 0 amide bonds. The Labute approximate surface area is 228 Å². The summed E-state index contributed by atoms with van der Waals surface area (Å²) >= 11 is 9.48. The number of hydrogen-bond acceptors (Lipinski definition) is 4. The number of rotatable bonds is 2. The largest absolute Gasteiger partial charge is 2.00 e. The van der Waals surface area contributed by atoms with Crippen molar-refractivity contribution in [2.24, 2.45) is 9.98 Å². The monoisotopic (exact) mass is 608 g/mol. The standard InChI is InChI=1S/2C8H5F3NS.2C3H7.2Ni/c2*9-8(10,11)5-12-6-3-1-2-4-7(6)13;2*1-3-2;;/h2*1-4,13H;2*3H,1-2H3;;/q4*-1;2*+2/p-2. The Morgan fingerprint density at radius 2 is 0.853 bits per heavy atom. The molecule has 0 atom stereocenters. The van der Waals surface area contributed by atoms with Crippen LogP contribution in [0.5, 0.6) is 0 Å². The minimum absolute atomic E-state index is 0. The minimum atomic E-state index is -4.52. The number of hydrogen-bond donors (Lipinski definition) is 0. The van der Waals surface area contributed by atoms with Crippen LogP contribution in [-0.4, -0.2) is 24.8 Å². The maximum Gasteiger partial charge on any atom is 2.00 e. The van der Waals surface area contributed by atoms with Crippen LogP contribution in [0.25, 0.3) is 0 Å². The first-order chi connectivity index (χ1) is 14.8. The van der Waals surface area contributed by atoms with Crippen LogP contribution in [0, 0.1) is 12.8 Å². The van der Waals surface area contributed by atoms with E-state index >= 15 is 0 Å². The summed E-state index contributed by atoms with van der Waals surface area (Å²) in [6.45, 7) is 8.00. The molecule has 0 spiro atoms. The van der Waals surface area contributed by atoms with Crippen molar-refractivity contribution in [2.75, 3.05) is 0 Å². The van der Waals surface area contributed by atoms with Gasteiger partial charge in [-0.25, -0.2) is 9.79 Å². The third-order valence-electron chi connectivity index (χ3n) is 2.34. The van der Waals surface area contributed by atoms with Gasteiger partial charge in [0.05, 0.1) is 0 Å². The predicted molar refractivity (Wildman–Crippen MR) is 122 cm³/mol. The van der Waals surface area contributed by atoms with Gasteiger partial charge in [0.25, 0.3) is 0 Å². The van der Waals surface area contributed by atoms with Crippen LogP contribution in [0.2, 0.25) is 0 Å². The summed E-state index contributed by atoms with van der Waals surface area (Å²) in [5.41, 5.74) is 0.213. The maximum atomic E-state index is 11.6. The summed E-state index contributed by atoms with van der Waals surface area (Å²) in [6, 6.07) is 12.2. The van der Waals surface area contributed by atoms with Gasteiger partial charge in [-0.05, 0) is 0 Å². The van der Waals surface area contributed by atoms with Crippen molar-refractivity contribution in [1.29, 1.82) is 0 Å². The molecule has 196 valence electrons. The smallest absolute Gasteiger partial charge is 0.797 e. The minimum Gasteiger partial charge on any atom is -0.797 e. The molecule has 12 heteroatoms. The SMILES string of the molecule is C[CH-]C.C[CH-]C.FC(F)(F)[C-]=Nc1ccccc1[S-].FC(F)(F)[C-]=Nc1ccccc1[S-].[Ni+2].[Ni+2]. The average Bonchev–Trinajstić information content (AvgIpc) is 2.67. The summed E-state index contributed by atoms with van der Waals surface area (Å²) < 4.78 is 69.8. The van der Waals surface area contributed by atoms with E-state index in [0.717, 1.165) is 12.4 Å². The van der Waals surface area contributed by atoms with Crippen LogP contribution in [0.3, 0.4) is 0 Å². The first-order valence-electron chi connectivity index (χ1n) is 8.90. The first-order valence-corrected chi connectivity index (χ1v) is 9.72. The number of benzene rings is 2. The molecular formula is C22H22F6N2Ni2S2-2. The van der Waals surface area contributed by atoms with Gasteiger partial charge in [0.1, 0.15) is 0 Å². The fraction of sp³-hybridized carbons (Fsp3) is 0.273. The third-order valence-corrected chi connectivity index (χ3v) is 3.03. The molecule has 0 aliphatic heterocycles. The van der Waals surface area contributed by atoms with Crippen molar-refractivity contribution in [3.05, 3.63) is 61.4 Å². The van der Waals surface area contributed by atoms with Gasteiger partial charge in [0, 0.05) is 0 Å². The molecule has 0 heterocycles. The van der Waals surface area contributed by atoms with E-state index in [1.165, 1.54) is 24.3 Å². The molecule has 0 aromatic heterocycles. The van der Waals surface area contributed by atoms with Crippen molar-refractivity contribution in [3.8, 4) is 0 Å². The second-order valence-corrected chi connectivity index (χ2v) is 6.41. The molecule has 2 nitrogen and oxygen atoms in total. The van der Waals surface area contributed by atoms with E-state index in [0.29, 0.717) is 0 Å². The number of halogens is 6. The zero-order valence-electron chi connectivity index (χ0n) is 18.4. The molecule has 2 aromatic rings. The van der Waals surface area contributed by atoms with Gasteiger partial charge in [-0.3, -0.25) is 0 Å². The van der Waals surface area contributed by atoms with Crippen LogP contribution in [0.1, 0.15) is 27.7 Å². The van der Waals surface area contributed by atoms with E-state index in [1.807, 2.05) is 40.5 Å². The van der Waals surface area contributed by atoms with Crippen LogP contribution in [0.4, 0.5) is 37.7 Å². The number of aliphatic imine (C=N–C) groups is 2. The molecule has 34 heavy (non-hydrogen) atoms. The Kier molecular flexibility index (Phi) is 26.2. The third kappa shape index (κ3) is 25.4. The van der Waals surface area contributed by atoms with Gasteiger partial charge in [-0.1, -0.05) is 48.8 Å². The summed E-state index contributed by atoms with van der Waals surface area (Å²) in [4.78, 5) is 6.75. The molecular weight excluding hydrogens is 588 g/mol. The number of alkyl halides is 6. The second-order valence-electron chi connectivity index (χ2n) is 5.53. The molecule has 0 saturated carbocycles. The van der Waals surface area contributed by atoms with Gasteiger partial charge in [-0.15, -0.1) is 23.5 Å². The molecule has 0 N–H and O–H groups in total. The Morgan fingerprint density at radius 3 is 1.06 bits per heavy atom. The van der Waals surface area contributed by atoms with E-state index in [2.05, 4.69) is 9.98 Å². The number of nitrogens with zero attached hydrogens (tertiary/aromatic N) is 2. The Bertz CT molecular complexity index is 747. The van der Waals surface area contributed by atoms with E-state index in [9.17, 15) is 26.3 Å². The predicted octanol–water partition coefficient (Wildman–Crippen LogP) is 7.92. The molecule has 0 unspecified atom stereocenters. The maximum absolute atomic E-state index is 11.6. The number of para-hydroxylation sites is 2. The zero-order chi connectivity index (χ0) is 25.2. The summed E-state index contributed by atoms with van der Waals surface area (Å²) in [6.07, 6.45) is -2.96. The summed E-state index contributed by atoms with van der Waals surface area (Å²) in [5, 5.41) is 0. The molecule has 0 radical (unpaired) electrons. The Hall–Kier alpha value is -1.21. The Morgan fingerprint density at radius 1 is 0.618 bits per heavy atom. The topological polar surface area (TPSA) is 24.7 Å². The molecule has 0 aliphatic rings. The van der Waals surface area contributed by atoms with Crippen LogP contribution in [0.15, 0.2) is 68.3 Å². The normalized spacial score (nSPS) is 10.4. The van der Waals surface area contributed by atoms with E-state index in [-0.39, 0.29) is 54.1 Å². The van der Waals surface area contributed by atoms with Gasteiger partial charge < -0.3 is 48.1 Å². The van der Waals surface area contributed by atoms with Gasteiger partial charge >= 0.3 is 45.3 Å². The van der Waals surface area contributed by atoms with Gasteiger partial charge in [0.2, 0.25) is 0 Å². The fourth-order valence-corrected chi connectivity index (χ4v) is 1.73. The van der Waals surface area contributed by atoms with E-state index < -0.39 is 12.4 Å². The van der Waals surface area contributed by atoms with Crippen molar-refractivity contribution in [1.82, 2.24) is 0 Å². The van der Waals surface area contributed by atoms with E-state index in [4.69, 9.17) is 25.3 Å². The molecule has 0 aliphatic carbocycles. The molecule has 0 bridgehead atoms. The fourth-order valence-electron chi connectivity index (χ4n) is 1.35. The summed E-state index contributed by atoms with van der Waals surface area (Å²) in [5.74, 6) is 0. The second kappa shape index (κ2) is 22.3. The van der Waals surface area contributed by atoms with Crippen molar-refractivity contribution >= 4 is 49.1 Å².